The van der Waals surface area contributed by atoms with Crippen molar-refractivity contribution in [1.82, 2.24) is 15.3 Å². The predicted molar refractivity (Wildman–Crippen MR) is 78.4 cm³/mol. The van der Waals surface area contributed by atoms with Gasteiger partial charge in [0, 0.05) is 37.4 Å². The van der Waals surface area contributed by atoms with Crippen molar-refractivity contribution in [2.45, 2.75) is 26.4 Å². The molecule has 20 heavy (non-hydrogen) atoms. The van der Waals surface area contributed by atoms with Gasteiger partial charge in [-0.1, -0.05) is 6.07 Å². The van der Waals surface area contributed by atoms with Crippen molar-refractivity contribution >= 4 is 11.6 Å². The third-order valence-electron chi connectivity index (χ3n) is 2.63. The van der Waals surface area contributed by atoms with Crippen LogP contribution in [0.1, 0.15) is 29.8 Å². The molecule has 5 heteroatoms. The summed E-state index contributed by atoms with van der Waals surface area (Å²) in [6.07, 6.45) is 6.70. The summed E-state index contributed by atoms with van der Waals surface area (Å²) in [5.74, 6) is -0.145. The Hall–Kier alpha value is -2.43. The summed E-state index contributed by atoms with van der Waals surface area (Å²) < 4.78 is 0. The van der Waals surface area contributed by atoms with Crippen LogP contribution in [-0.4, -0.2) is 21.9 Å². The van der Waals surface area contributed by atoms with E-state index in [0.29, 0.717) is 18.2 Å². The van der Waals surface area contributed by atoms with Gasteiger partial charge in [0.25, 0.3) is 5.91 Å². The lowest BCUT2D eigenvalue weighted by atomic mass is 10.2. The van der Waals surface area contributed by atoms with E-state index in [1.807, 2.05) is 26.0 Å². The monoisotopic (exact) mass is 270 g/mol. The number of carbonyl (C=O) groups is 1. The number of carbonyl (C=O) groups excluding carboxylic acids is 1. The van der Waals surface area contributed by atoms with Crippen LogP contribution in [0.3, 0.4) is 0 Å². The molecule has 0 spiro atoms. The van der Waals surface area contributed by atoms with E-state index in [2.05, 4.69) is 20.6 Å². The number of amides is 1. The van der Waals surface area contributed by atoms with Crippen LogP contribution >= 0.6 is 0 Å². The Morgan fingerprint density at radius 1 is 1.25 bits per heavy atom. The average molecular weight is 270 g/mol. The molecule has 1 amide bonds. The number of hydrogen-bond acceptors (Lipinski definition) is 4. The second-order valence-corrected chi connectivity index (χ2v) is 4.81. The molecule has 0 aliphatic carbocycles. The molecule has 0 aliphatic rings. The quantitative estimate of drug-likeness (QED) is 0.874. The number of rotatable bonds is 5. The van der Waals surface area contributed by atoms with Crippen LogP contribution in [0.4, 0.5) is 5.69 Å². The maximum Gasteiger partial charge on any atom is 0.253 e. The van der Waals surface area contributed by atoms with Gasteiger partial charge in [-0.15, -0.1) is 0 Å². The third-order valence-corrected chi connectivity index (χ3v) is 2.63. The van der Waals surface area contributed by atoms with Crippen LogP contribution in [0.5, 0.6) is 0 Å². The first-order chi connectivity index (χ1) is 9.65. The molecule has 0 aliphatic heterocycles. The van der Waals surface area contributed by atoms with Crippen LogP contribution in [-0.2, 0) is 6.54 Å². The first-order valence-electron chi connectivity index (χ1n) is 6.54. The van der Waals surface area contributed by atoms with Crippen molar-refractivity contribution < 1.29 is 4.79 Å². The molecule has 5 nitrogen and oxygen atoms in total. The number of hydrogen-bond donors (Lipinski definition) is 2. The van der Waals surface area contributed by atoms with E-state index in [0.717, 1.165) is 11.3 Å². The van der Waals surface area contributed by atoms with E-state index in [9.17, 15) is 4.79 Å². The van der Waals surface area contributed by atoms with Crippen molar-refractivity contribution in [2.75, 3.05) is 5.32 Å². The van der Waals surface area contributed by atoms with E-state index in [4.69, 9.17) is 0 Å². The standard InChI is InChI=1S/C15H18N4O/c1-11(2)19-14-6-13(9-17-10-14)15(20)18-8-12-4-3-5-16-7-12/h3-7,9-11,19H,8H2,1-2H3,(H,18,20). The number of nitrogens with zero attached hydrogens (tertiary/aromatic N) is 2. The van der Waals surface area contributed by atoms with Crippen LogP contribution in [0, 0.1) is 0 Å². The molecule has 2 aromatic rings. The lowest BCUT2D eigenvalue weighted by Gasteiger charge is -2.10. The van der Waals surface area contributed by atoms with Crippen molar-refractivity contribution in [3.8, 4) is 0 Å². The van der Waals surface area contributed by atoms with Crippen molar-refractivity contribution in [3.05, 3.63) is 54.1 Å². The summed E-state index contributed by atoms with van der Waals surface area (Å²) in [6.45, 7) is 4.53. The summed E-state index contributed by atoms with van der Waals surface area (Å²) in [5, 5.41) is 6.07. The summed E-state index contributed by atoms with van der Waals surface area (Å²) in [6, 6.07) is 5.86. The number of anilines is 1. The molecule has 0 atom stereocenters. The van der Waals surface area contributed by atoms with Crippen LogP contribution in [0.15, 0.2) is 43.0 Å². The molecule has 0 saturated carbocycles. The summed E-state index contributed by atoms with van der Waals surface area (Å²) in [7, 11) is 0. The van der Waals surface area contributed by atoms with Gasteiger partial charge in [-0.25, -0.2) is 0 Å². The van der Waals surface area contributed by atoms with Gasteiger partial charge >= 0.3 is 0 Å². The molecular formula is C15H18N4O. The first kappa shape index (κ1) is 14.0. The van der Waals surface area contributed by atoms with Crippen LogP contribution in [0.25, 0.3) is 0 Å². The van der Waals surface area contributed by atoms with Gasteiger partial charge in [0.2, 0.25) is 0 Å². The maximum absolute atomic E-state index is 12.1. The fourth-order valence-corrected chi connectivity index (χ4v) is 1.76. The maximum atomic E-state index is 12.1. The molecule has 2 N–H and O–H groups in total. The molecule has 0 unspecified atom stereocenters. The minimum absolute atomic E-state index is 0.145. The Morgan fingerprint density at radius 3 is 2.80 bits per heavy atom. The lowest BCUT2D eigenvalue weighted by Crippen LogP contribution is -2.23. The SMILES string of the molecule is CC(C)Nc1cncc(C(=O)NCc2cccnc2)c1. The normalized spacial score (nSPS) is 10.3. The highest BCUT2D eigenvalue weighted by Crippen LogP contribution is 2.09. The molecule has 0 radical (unpaired) electrons. The summed E-state index contributed by atoms with van der Waals surface area (Å²) in [4.78, 5) is 20.1. The van der Waals surface area contributed by atoms with Crippen LogP contribution in [0.2, 0.25) is 0 Å². The molecular weight excluding hydrogens is 252 g/mol. The fourth-order valence-electron chi connectivity index (χ4n) is 1.76. The molecule has 2 aromatic heterocycles. The zero-order chi connectivity index (χ0) is 14.4. The fraction of sp³-hybridized carbons (Fsp3) is 0.267. The number of nitrogens with one attached hydrogen (secondary N) is 2. The summed E-state index contributed by atoms with van der Waals surface area (Å²) in [5.41, 5.74) is 2.35. The molecule has 0 saturated heterocycles. The largest absolute Gasteiger partial charge is 0.382 e. The van der Waals surface area contributed by atoms with Gasteiger partial charge in [-0.05, 0) is 31.5 Å². The van der Waals surface area contributed by atoms with Crippen molar-refractivity contribution in [2.24, 2.45) is 0 Å². The minimum Gasteiger partial charge on any atom is -0.382 e. The van der Waals surface area contributed by atoms with Gasteiger partial charge in [0.1, 0.15) is 0 Å². The van der Waals surface area contributed by atoms with E-state index in [1.54, 1.807) is 30.9 Å². The third kappa shape index (κ3) is 4.05. The predicted octanol–water partition coefficient (Wildman–Crippen LogP) is 2.23. The number of aromatic nitrogens is 2. The molecule has 0 bridgehead atoms. The van der Waals surface area contributed by atoms with Crippen molar-refractivity contribution in [1.29, 1.82) is 0 Å². The lowest BCUT2D eigenvalue weighted by molar-refractivity contribution is 0.0950. The number of pyridine rings is 2. The van der Waals surface area contributed by atoms with Gasteiger partial charge in [-0.2, -0.15) is 0 Å². The Labute approximate surface area is 118 Å². The Morgan fingerprint density at radius 2 is 2.10 bits per heavy atom. The molecule has 0 fully saturated rings. The molecule has 2 rings (SSSR count). The first-order valence-corrected chi connectivity index (χ1v) is 6.54. The van der Waals surface area contributed by atoms with Gasteiger partial charge in [0.15, 0.2) is 0 Å². The average Bonchev–Trinajstić information content (AvgIpc) is 2.45. The second-order valence-electron chi connectivity index (χ2n) is 4.81. The van der Waals surface area contributed by atoms with E-state index in [1.165, 1.54) is 0 Å². The van der Waals surface area contributed by atoms with E-state index < -0.39 is 0 Å². The Kier molecular flexibility index (Phi) is 4.65. The highest BCUT2D eigenvalue weighted by atomic mass is 16.1. The zero-order valence-corrected chi connectivity index (χ0v) is 11.6. The molecule has 2 heterocycles. The molecule has 0 aromatic carbocycles. The van der Waals surface area contributed by atoms with Crippen molar-refractivity contribution in [3.63, 3.8) is 0 Å². The smallest absolute Gasteiger partial charge is 0.253 e. The van der Waals surface area contributed by atoms with Gasteiger partial charge in [-0.3, -0.25) is 14.8 Å². The zero-order valence-electron chi connectivity index (χ0n) is 11.6. The second kappa shape index (κ2) is 6.65. The Balaban J connectivity index is 1.98. The highest BCUT2D eigenvalue weighted by molar-refractivity contribution is 5.94. The van der Waals surface area contributed by atoms with Gasteiger partial charge < -0.3 is 10.6 Å². The summed E-state index contributed by atoms with van der Waals surface area (Å²) >= 11 is 0. The minimum atomic E-state index is -0.145. The molecule has 104 valence electrons. The van der Waals surface area contributed by atoms with E-state index in [-0.39, 0.29) is 5.91 Å². The Bertz CT molecular complexity index is 569. The highest BCUT2D eigenvalue weighted by Gasteiger charge is 2.07. The van der Waals surface area contributed by atoms with E-state index >= 15 is 0 Å². The topological polar surface area (TPSA) is 66.9 Å². The van der Waals surface area contributed by atoms with Gasteiger partial charge in [0.05, 0.1) is 11.3 Å². The van der Waals surface area contributed by atoms with Crippen LogP contribution < -0.4 is 10.6 Å².